The molecule has 0 saturated heterocycles. The lowest BCUT2D eigenvalue weighted by atomic mass is 10.1. The van der Waals surface area contributed by atoms with Gasteiger partial charge in [0.05, 0.1) is 6.26 Å². The topological polar surface area (TPSA) is 43.1 Å². The molecule has 2 heterocycles. The third kappa shape index (κ3) is 1.54. The number of Topliss-reactive ketones (excluding diaryl/α,β-unsaturated/α-hetero) is 1. The second-order valence-corrected chi connectivity index (χ2v) is 4.04. The minimum atomic E-state index is 0.0565. The largest absolute Gasteiger partial charge is 0.461 e. The zero-order chi connectivity index (χ0) is 11.0. The number of rotatable bonds is 3. The molecule has 16 heavy (non-hydrogen) atoms. The molecule has 0 aromatic carbocycles. The van der Waals surface area contributed by atoms with Crippen LogP contribution < -0.4 is 0 Å². The second-order valence-electron chi connectivity index (χ2n) is 4.04. The number of nitrogens with zero attached hydrogens (tertiary/aromatic N) is 1. The summed E-state index contributed by atoms with van der Waals surface area (Å²) in [5.74, 6) is 0.893. The van der Waals surface area contributed by atoms with E-state index in [0.29, 0.717) is 5.76 Å². The molecule has 1 aliphatic carbocycles. The van der Waals surface area contributed by atoms with Gasteiger partial charge in [-0.25, -0.2) is 0 Å². The molecule has 0 N–H and O–H groups in total. The van der Waals surface area contributed by atoms with Gasteiger partial charge in [0, 0.05) is 23.7 Å². The zero-order valence-corrected chi connectivity index (χ0v) is 8.67. The van der Waals surface area contributed by atoms with Gasteiger partial charge < -0.3 is 4.42 Å². The summed E-state index contributed by atoms with van der Waals surface area (Å²) in [4.78, 5) is 16.2. The van der Waals surface area contributed by atoms with Gasteiger partial charge in [-0.15, -0.1) is 0 Å². The highest BCUT2D eigenvalue weighted by Gasteiger charge is 2.45. The Morgan fingerprint density at radius 2 is 2.25 bits per heavy atom. The van der Waals surface area contributed by atoms with Crippen LogP contribution in [0.4, 0.5) is 0 Å². The maximum absolute atomic E-state index is 11.9. The van der Waals surface area contributed by atoms with Crippen LogP contribution >= 0.6 is 0 Å². The molecule has 2 aromatic heterocycles. The van der Waals surface area contributed by atoms with Gasteiger partial charge in [-0.3, -0.25) is 9.78 Å². The van der Waals surface area contributed by atoms with Crippen molar-refractivity contribution in [2.75, 3.05) is 0 Å². The Balaban J connectivity index is 1.75. The lowest BCUT2D eigenvalue weighted by Crippen LogP contribution is -2.01. The van der Waals surface area contributed by atoms with Crippen molar-refractivity contribution < 1.29 is 9.21 Å². The maximum Gasteiger partial charge on any atom is 0.201 e. The van der Waals surface area contributed by atoms with Crippen molar-refractivity contribution in [3.8, 4) is 0 Å². The highest BCUT2D eigenvalue weighted by atomic mass is 16.3. The van der Waals surface area contributed by atoms with Crippen LogP contribution in [0.2, 0.25) is 0 Å². The van der Waals surface area contributed by atoms with Gasteiger partial charge in [0.15, 0.2) is 5.76 Å². The minimum absolute atomic E-state index is 0.0565. The van der Waals surface area contributed by atoms with Crippen LogP contribution in [0, 0.1) is 5.92 Å². The molecule has 3 heteroatoms. The molecule has 0 amide bonds. The van der Waals surface area contributed by atoms with Crippen LogP contribution in [-0.4, -0.2) is 10.8 Å². The third-order valence-electron chi connectivity index (χ3n) is 2.96. The van der Waals surface area contributed by atoms with Gasteiger partial charge in [0.1, 0.15) is 0 Å². The zero-order valence-electron chi connectivity index (χ0n) is 8.67. The van der Waals surface area contributed by atoms with Gasteiger partial charge in [0.25, 0.3) is 0 Å². The summed E-state index contributed by atoms with van der Waals surface area (Å²) in [5.41, 5.74) is 1.01. The average Bonchev–Trinajstić information content (AvgIpc) is 2.95. The molecular weight excluding hydrogens is 202 g/mol. The first-order chi connectivity index (χ1) is 7.86. The van der Waals surface area contributed by atoms with Crippen molar-refractivity contribution in [1.29, 1.82) is 0 Å². The summed E-state index contributed by atoms with van der Waals surface area (Å²) >= 11 is 0. The third-order valence-corrected chi connectivity index (χ3v) is 2.96. The Hall–Kier alpha value is -1.90. The molecule has 3 rings (SSSR count). The highest BCUT2D eigenvalue weighted by molar-refractivity contribution is 5.97. The molecule has 2 aromatic rings. The summed E-state index contributed by atoms with van der Waals surface area (Å²) in [7, 11) is 0. The molecule has 1 aliphatic rings. The van der Waals surface area contributed by atoms with E-state index in [4.69, 9.17) is 4.42 Å². The van der Waals surface area contributed by atoms with Crippen LogP contribution in [0.5, 0.6) is 0 Å². The van der Waals surface area contributed by atoms with E-state index in [1.165, 1.54) is 6.26 Å². The molecule has 1 fully saturated rings. The van der Waals surface area contributed by atoms with Crippen LogP contribution in [0.3, 0.4) is 0 Å². The van der Waals surface area contributed by atoms with E-state index < -0.39 is 0 Å². The van der Waals surface area contributed by atoms with Crippen molar-refractivity contribution in [2.45, 2.75) is 12.3 Å². The molecule has 0 unspecified atom stereocenters. The molecule has 1 saturated carbocycles. The van der Waals surface area contributed by atoms with E-state index in [2.05, 4.69) is 4.98 Å². The Morgan fingerprint density at radius 1 is 1.31 bits per heavy atom. The van der Waals surface area contributed by atoms with E-state index in [0.717, 1.165) is 12.1 Å². The Bertz CT molecular complexity index is 490. The first-order valence-electron chi connectivity index (χ1n) is 5.35. The van der Waals surface area contributed by atoms with E-state index in [9.17, 15) is 4.79 Å². The van der Waals surface area contributed by atoms with E-state index in [-0.39, 0.29) is 17.6 Å². The van der Waals surface area contributed by atoms with Crippen molar-refractivity contribution in [2.24, 2.45) is 5.92 Å². The monoisotopic (exact) mass is 213 g/mol. The second kappa shape index (κ2) is 3.59. The molecule has 0 spiro atoms. The highest BCUT2D eigenvalue weighted by Crippen LogP contribution is 2.48. The summed E-state index contributed by atoms with van der Waals surface area (Å²) in [6.45, 7) is 0. The smallest absolute Gasteiger partial charge is 0.201 e. The number of hydrogen-bond donors (Lipinski definition) is 0. The number of carbonyl (C=O) groups excluding carboxylic acids is 1. The molecule has 3 nitrogen and oxygen atoms in total. The maximum atomic E-state index is 11.9. The standard InChI is InChI=1S/C13H11NO2/c15-13(12-5-3-7-16-12)10-8-9(10)11-4-1-2-6-14-11/h1-7,9-10H,8H2/t9-,10-/m1/s1. The molecular formula is C13H11NO2. The summed E-state index contributed by atoms with van der Waals surface area (Å²) in [6.07, 6.45) is 4.18. The van der Waals surface area contributed by atoms with E-state index >= 15 is 0 Å². The molecule has 0 aliphatic heterocycles. The predicted octanol–water partition coefficient (Wildman–Crippen LogP) is 2.66. The number of furan rings is 1. The number of ketones is 1. The first kappa shape index (κ1) is 9.33. The van der Waals surface area contributed by atoms with Crippen molar-refractivity contribution in [3.05, 3.63) is 54.2 Å². The molecule has 0 radical (unpaired) electrons. The number of pyridine rings is 1. The fourth-order valence-corrected chi connectivity index (χ4v) is 2.01. The molecule has 0 bridgehead atoms. The van der Waals surface area contributed by atoms with Crippen molar-refractivity contribution in [3.63, 3.8) is 0 Å². The normalized spacial score (nSPS) is 23.0. The average molecular weight is 213 g/mol. The summed E-state index contributed by atoms with van der Waals surface area (Å²) < 4.78 is 5.11. The van der Waals surface area contributed by atoms with Gasteiger partial charge in [0.2, 0.25) is 5.78 Å². The minimum Gasteiger partial charge on any atom is -0.461 e. The first-order valence-corrected chi connectivity index (χ1v) is 5.35. The van der Waals surface area contributed by atoms with Crippen LogP contribution in [0.1, 0.15) is 28.6 Å². The summed E-state index contributed by atoms with van der Waals surface area (Å²) in [5, 5.41) is 0. The summed E-state index contributed by atoms with van der Waals surface area (Å²) in [6, 6.07) is 9.27. The number of hydrogen-bond acceptors (Lipinski definition) is 3. The Kier molecular flexibility index (Phi) is 2.10. The predicted molar refractivity (Wildman–Crippen MR) is 58.1 cm³/mol. The number of aromatic nitrogens is 1. The molecule has 2 atom stereocenters. The Morgan fingerprint density at radius 3 is 2.94 bits per heavy atom. The number of carbonyl (C=O) groups is 1. The lowest BCUT2D eigenvalue weighted by molar-refractivity contribution is 0.0937. The van der Waals surface area contributed by atoms with Gasteiger partial charge in [-0.2, -0.15) is 0 Å². The molecule has 80 valence electrons. The van der Waals surface area contributed by atoms with E-state index in [1.54, 1.807) is 18.3 Å². The SMILES string of the molecule is O=C(c1ccco1)[C@@H]1C[C@H]1c1ccccn1. The van der Waals surface area contributed by atoms with Crippen LogP contribution in [-0.2, 0) is 0 Å². The quantitative estimate of drug-likeness (QED) is 0.736. The van der Waals surface area contributed by atoms with E-state index in [1.807, 2.05) is 18.2 Å². The van der Waals surface area contributed by atoms with Crippen LogP contribution in [0.25, 0.3) is 0 Å². The fourth-order valence-electron chi connectivity index (χ4n) is 2.01. The lowest BCUT2D eigenvalue weighted by Gasteiger charge is -1.97. The van der Waals surface area contributed by atoms with Crippen molar-refractivity contribution in [1.82, 2.24) is 4.98 Å². The van der Waals surface area contributed by atoms with Gasteiger partial charge >= 0.3 is 0 Å². The van der Waals surface area contributed by atoms with Gasteiger partial charge in [-0.1, -0.05) is 6.07 Å². The van der Waals surface area contributed by atoms with Crippen LogP contribution in [0.15, 0.2) is 47.2 Å². The van der Waals surface area contributed by atoms with Crippen molar-refractivity contribution >= 4 is 5.78 Å². The Labute approximate surface area is 93.1 Å². The fraction of sp³-hybridized carbons (Fsp3) is 0.231. The van der Waals surface area contributed by atoms with Gasteiger partial charge in [-0.05, 0) is 30.7 Å².